The van der Waals surface area contributed by atoms with Crippen molar-refractivity contribution in [1.82, 2.24) is 4.90 Å². The second kappa shape index (κ2) is 5.71. The van der Waals surface area contributed by atoms with Gasteiger partial charge in [-0.3, -0.25) is 4.79 Å². The lowest BCUT2D eigenvalue weighted by Gasteiger charge is -2.29. The maximum Gasteiger partial charge on any atom is 0.246 e. The zero-order valence-electron chi connectivity index (χ0n) is 9.86. The smallest absolute Gasteiger partial charge is 0.246 e. The Kier molecular flexibility index (Phi) is 4.25. The van der Waals surface area contributed by atoms with Gasteiger partial charge in [0.1, 0.15) is 5.76 Å². The van der Waals surface area contributed by atoms with Crippen molar-refractivity contribution in [3.63, 3.8) is 0 Å². The monoisotopic (exact) mass is 345 g/mol. The van der Waals surface area contributed by atoms with Crippen LogP contribution in [0.1, 0.15) is 25.5 Å². The van der Waals surface area contributed by atoms with E-state index in [1.165, 1.54) is 0 Å². The SMILES string of the molecule is CC1CCN(C(=O)C=Cc2ccc(I)o2)CC1. The first-order valence-electron chi connectivity index (χ1n) is 5.87. The molecule has 3 nitrogen and oxygen atoms in total. The standard InChI is InChI=1S/C13H16INO2/c1-10-6-8-15(9-7-10)13(16)5-3-11-2-4-12(14)17-11/h2-5,10H,6-9H2,1H3. The molecule has 1 aromatic rings. The number of hydrogen-bond acceptors (Lipinski definition) is 2. The van der Waals surface area contributed by atoms with Crippen LogP contribution in [0.5, 0.6) is 0 Å². The first-order chi connectivity index (χ1) is 8.15. The summed E-state index contributed by atoms with van der Waals surface area (Å²) in [6, 6.07) is 3.75. The van der Waals surface area contributed by atoms with Crippen LogP contribution in [0.3, 0.4) is 0 Å². The van der Waals surface area contributed by atoms with Crippen LogP contribution in [0.25, 0.3) is 6.08 Å². The molecule has 17 heavy (non-hydrogen) atoms. The topological polar surface area (TPSA) is 33.5 Å². The van der Waals surface area contributed by atoms with Crippen molar-refractivity contribution in [2.45, 2.75) is 19.8 Å². The van der Waals surface area contributed by atoms with Crippen LogP contribution in [0.2, 0.25) is 0 Å². The third kappa shape index (κ3) is 3.59. The van der Waals surface area contributed by atoms with Crippen LogP contribution < -0.4 is 0 Å². The molecule has 92 valence electrons. The molecule has 0 aromatic carbocycles. The van der Waals surface area contributed by atoms with Gasteiger partial charge in [0.15, 0.2) is 3.77 Å². The van der Waals surface area contributed by atoms with E-state index < -0.39 is 0 Å². The molecular formula is C13H16INO2. The highest BCUT2D eigenvalue weighted by Gasteiger charge is 2.18. The fourth-order valence-electron chi connectivity index (χ4n) is 1.91. The highest BCUT2D eigenvalue weighted by molar-refractivity contribution is 14.1. The summed E-state index contributed by atoms with van der Waals surface area (Å²) in [7, 11) is 0. The summed E-state index contributed by atoms with van der Waals surface area (Å²) in [5.41, 5.74) is 0. The molecule has 1 saturated heterocycles. The predicted octanol–water partition coefficient (Wildman–Crippen LogP) is 3.16. The summed E-state index contributed by atoms with van der Waals surface area (Å²) >= 11 is 2.11. The van der Waals surface area contributed by atoms with Gasteiger partial charge in [0.25, 0.3) is 0 Å². The first kappa shape index (κ1) is 12.7. The summed E-state index contributed by atoms with van der Waals surface area (Å²) in [6.45, 7) is 3.99. The zero-order chi connectivity index (χ0) is 12.3. The number of piperidine rings is 1. The van der Waals surface area contributed by atoms with Crippen molar-refractivity contribution in [2.75, 3.05) is 13.1 Å². The van der Waals surface area contributed by atoms with Gasteiger partial charge in [-0.1, -0.05) is 6.92 Å². The third-order valence-electron chi connectivity index (χ3n) is 3.08. The summed E-state index contributed by atoms with van der Waals surface area (Å²) < 4.78 is 6.20. The number of amides is 1. The van der Waals surface area contributed by atoms with Gasteiger partial charge in [0.05, 0.1) is 0 Å². The third-order valence-corrected chi connectivity index (χ3v) is 3.66. The predicted molar refractivity (Wildman–Crippen MR) is 75.4 cm³/mol. The Morgan fingerprint density at radius 2 is 2.18 bits per heavy atom. The van der Waals surface area contributed by atoms with E-state index in [1.807, 2.05) is 17.0 Å². The largest absolute Gasteiger partial charge is 0.451 e. The van der Waals surface area contributed by atoms with Crippen molar-refractivity contribution >= 4 is 34.6 Å². The Labute approximate surface area is 115 Å². The lowest BCUT2D eigenvalue weighted by molar-refractivity contribution is -0.127. The van der Waals surface area contributed by atoms with E-state index in [0.717, 1.165) is 41.4 Å². The van der Waals surface area contributed by atoms with Gasteiger partial charge in [0.2, 0.25) is 5.91 Å². The fraction of sp³-hybridized carbons (Fsp3) is 0.462. The molecule has 0 N–H and O–H groups in total. The molecule has 1 aliphatic rings. The Hall–Kier alpha value is -0.780. The number of carbonyl (C=O) groups excluding carboxylic acids is 1. The molecule has 1 aromatic heterocycles. The van der Waals surface area contributed by atoms with Gasteiger partial charge in [0, 0.05) is 19.2 Å². The summed E-state index contributed by atoms with van der Waals surface area (Å²) in [4.78, 5) is 13.8. The molecule has 0 unspecified atom stereocenters. The molecule has 0 spiro atoms. The number of furan rings is 1. The number of nitrogens with zero attached hydrogens (tertiary/aromatic N) is 1. The number of rotatable bonds is 2. The maximum absolute atomic E-state index is 11.9. The maximum atomic E-state index is 11.9. The van der Waals surface area contributed by atoms with Crippen LogP contribution in [0.15, 0.2) is 22.6 Å². The average molecular weight is 345 g/mol. The number of carbonyl (C=O) groups is 1. The van der Waals surface area contributed by atoms with E-state index in [1.54, 1.807) is 12.2 Å². The van der Waals surface area contributed by atoms with Crippen LogP contribution in [-0.4, -0.2) is 23.9 Å². The minimum absolute atomic E-state index is 0.0864. The normalized spacial score (nSPS) is 17.9. The van der Waals surface area contributed by atoms with Crippen LogP contribution in [0, 0.1) is 9.68 Å². The minimum Gasteiger partial charge on any atom is -0.451 e. The molecule has 0 aliphatic carbocycles. The molecule has 0 atom stereocenters. The molecule has 2 rings (SSSR count). The molecule has 0 radical (unpaired) electrons. The molecule has 4 heteroatoms. The van der Waals surface area contributed by atoms with Crippen molar-refractivity contribution in [2.24, 2.45) is 5.92 Å². The van der Waals surface area contributed by atoms with Crippen LogP contribution in [-0.2, 0) is 4.79 Å². The molecule has 1 fully saturated rings. The number of halogens is 1. The Bertz CT molecular complexity index is 417. The van der Waals surface area contributed by atoms with E-state index in [0.29, 0.717) is 0 Å². The quantitative estimate of drug-likeness (QED) is 0.610. The zero-order valence-corrected chi connectivity index (χ0v) is 12.0. The number of hydrogen-bond donors (Lipinski definition) is 0. The Balaban J connectivity index is 1.90. The fourth-order valence-corrected chi connectivity index (χ4v) is 2.34. The highest BCUT2D eigenvalue weighted by atomic mass is 127. The summed E-state index contributed by atoms with van der Waals surface area (Å²) in [6.07, 6.45) is 5.56. The van der Waals surface area contributed by atoms with E-state index >= 15 is 0 Å². The second-order valence-electron chi connectivity index (χ2n) is 4.48. The van der Waals surface area contributed by atoms with E-state index in [4.69, 9.17) is 4.42 Å². The average Bonchev–Trinajstić information content (AvgIpc) is 2.73. The van der Waals surface area contributed by atoms with Crippen LogP contribution in [0.4, 0.5) is 0 Å². The number of likely N-dealkylation sites (tertiary alicyclic amines) is 1. The van der Waals surface area contributed by atoms with E-state index in [2.05, 4.69) is 29.5 Å². The minimum atomic E-state index is 0.0864. The lowest BCUT2D eigenvalue weighted by Crippen LogP contribution is -2.36. The summed E-state index contributed by atoms with van der Waals surface area (Å²) in [5, 5.41) is 0. The molecule has 0 bridgehead atoms. The lowest BCUT2D eigenvalue weighted by atomic mass is 9.99. The van der Waals surface area contributed by atoms with E-state index in [-0.39, 0.29) is 5.91 Å². The Morgan fingerprint density at radius 3 is 2.76 bits per heavy atom. The van der Waals surface area contributed by atoms with Crippen molar-refractivity contribution in [3.05, 3.63) is 27.7 Å². The van der Waals surface area contributed by atoms with Gasteiger partial charge in [-0.2, -0.15) is 0 Å². The molecule has 1 aliphatic heterocycles. The Morgan fingerprint density at radius 1 is 1.47 bits per heavy atom. The van der Waals surface area contributed by atoms with Crippen LogP contribution >= 0.6 is 22.6 Å². The van der Waals surface area contributed by atoms with Gasteiger partial charge < -0.3 is 9.32 Å². The molecule has 1 amide bonds. The van der Waals surface area contributed by atoms with Gasteiger partial charge in [-0.05, 0) is 59.6 Å². The molecule has 2 heterocycles. The van der Waals surface area contributed by atoms with Crippen molar-refractivity contribution < 1.29 is 9.21 Å². The second-order valence-corrected chi connectivity index (χ2v) is 5.55. The first-order valence-corrected chi connectivity index (χ1v) is 6.95. The molecule has 0 saturated carbocycles. The van der Waals surface area contributed by atoms with Gasteiger partial charge in [-0.25, -0.2) is 0 Å². The van der Waals surface area contributed by atoms with Gasteiger partial charge >= 0.3 is 0 Å². The van der Waals surface area contributed by atoms with Crippen molar-refractivity contribution in [1.29, 1.82) is 0 Å². The van der Waals surface area contributed by atoms with Crippen molar-refractivity contribution in [3.8, 4) is 0 Å². The highest BCUT2D eigenvalue weighted by Crippen LogP contribution is 2.17. The molecular weight excluding hydrogens is 329 g/mol. The summed E-state index contributed by atoms with van der Waals surface area (Å²) in [5.74, 6) is 1.56. The van der Waals surface area contributed by atoms with Gasteiger partial charge in [-0.15, -0.1) is 0 Å². The van der Waals surface area contributed by atoms with E-state index in [9.17, 15) is 4.79 Å².